The fraction of sp³-hybridized carbons (Fsp3) is 0.143. The van der Waals surface area contributed by atoms with Crippen LogP contribution in [0.15, 0.2) is 65.1 Å². The lowest BCUT2D eigenvalue weighted by Gasteiger charge is -2.19. The maximum atomic E-state index is 12.7. The maximum absolute atomic E-state index is 12.7. The molecular formula is C21H16BrClN2O2. The third-order valence-corrected chi connectivity index (χ3v) is 5.55. The Balaban J connectivity index is 1.56. The number of fused-ring (bicyclic) bond motifs is 1. The molecule has 3 aromatic rings. The first-order chi connectivity index (χ1) is 13.0. The smallest absolute Gasteiger partial charge is 0.229 e. The van der Waals surface area contributed by atoms with E-state index in [1.807, 2.05) is 48.5 Å². The molecule has 1 aliphatic rings. The summed E-state index contributed by atoms with van der Waals surface area (Å²) in [6.07, 6.45) is 0.184. The van der Waals surface area contributed by atoms with Crippen LogP contribution in [0.3, 0.4) is 0 Å². The molecule has 136 valence electrons. The van der Waals surface area contributed by atoms with E-state index in [1.54, 1.807) is 17.0 Å². The van der Waals surface area contributed by atoms with Gasteiger partial charge in [0.1, 0.15) is 0 Å². The molecule has 4 rings (SSSR count). The number of nitrogens with one attached hydrogen (secondary N) is 1. The lowest BCUT2D eigenvalue weighted by atomic mass is 10.1. The Bertz CT molecular complexity index is 1050. The molecule has 4 nitrogen and oxygen atoms in total. The molecule has 1 fully saturated rings. The van der Waals surface area contributed by atoms with E-state index < -0.39 is 5.92 Å². The van der Waals surface area contributed by atoms with E-state index in [2.05, 4.69) is 21.2 Å². The van der Waals surface area contributed by atoms with Crippen molar-refractivity contribution in [2.24, 2.45) is 5.92 Å². The van der Waals surface area contributed by atoms with Crippen LogP contribution in [0, 0.1) is 5.92 Å². The van der Waals surface area contributed by atoms with Gasteiger partial charge in [0.2, 0.25) is 11.8 Å². The molecule has 0 unspecified atom stereocenters. The van der Waals surface area contributed by atoms with Crippen LogP contribution in [0.4, 0.5) is 11.4 Å². The molecule has 0 radical (unpaired) electrons. The van der Waals surface area contributed by atoms with Crippen molar-refractivity contribution in [3.8, 4) is 0 Å². The average Bonchev–Trinajstić information content (AvgIpc) is 3.05. The van der Waals surface area contributed by atoms with E-state index in [9.17, 15) is 9.59 Å². The van der Waals surface area contributed by atoms with Gasteiger partial charge < -0.3 is 10.2 Å². The van der Waals surface area contributed by atoms with Crippen LogP contribution >= 0.6 is 27.5 Å². The Kier molecular flexibility index (Phi) is 4.89. The highest BCUT2D eigenvalue weighted by Gasteiger charge is 2.35. The van der Waals surface area contributed by atoms with Crippen molar-refractivity contribution in [1.82, 2.24) is 0 Å². The van der Waals surface area contributed by atoms with Crippen LogP contribution in [0.25, 0.3) is 10.8 Å². The molecule has 6 heteroatoms. The number of rotatable bonds is 3. The van der Waals surface area contributed by atoms with Crippen molar-refractivity contribution >= 4 is 61.5 Å². The van der Waals surface area contributed by atoms with Gasteiger partial charge in [0.15, 0.2) is 0 Å². The molecule has 0 aromatic heterocycles. The number of nitrogens with zero attached hydrogens (tertiary/aromatic N) is 1. The standard InChI is InChI=1S/C21H16BrClN2O2/c22-15-8-9-18(17(23)11-15)24-21(27)14-10-20(26)25(12-14)19-7-3-5-13-4-1-2-6-16(13)19/h1-9,11,14H,10,12H2,(H,24,27)/t14-/m0/s1. The number of anilines is 2. The summed E-state index contributed by atoms with van der Waals surface area (Å²) in [5.41, 5.74) is 1.39. The summed E-state index contributed by atoms with van der Waals surface area (Å²) >= 11 is 9.52. The van der Waals surface area contributed by atoms with E-state index in [0.29, 0.717) is 17.3 Å². The quantitative estimate of drug-likeness (QED) is 0.601. The zero-order valence-electron chi connectivity index (χ0n) is 14.3. The minimum atomic E-state index is -0.420. The van der Waals surface area contributed by atoms with Gasteiger partial charge in [-0.05, 0) is 29.7 Å². The van der Waals surface area contributed by atoms with Gasteiger partial charge in [0.25, 0.3) is 0 Å². The Morgan fingerprint density at radius 1 is 1.11 bits per heavy atom. The third kappa shape index (κ3) is 3.57. The van der Waals surface area contributed by atoms with Gasteiger partial charge in [-0.25, -0.2) is 0 Å². The number of carbonyl (C=O) groups is 2. The van der Waals surface area contributed by atoms with Crippen molar-refractivity contribution in [3.63, 3.8) is 0 Å². The van der Waals surface area contributed by atoms with Crippen molar-refractivity contribution in [2.75, 3.05) is 16.8 Å². The summed E-state index contributed by atoms with van der Waals surface area (Å²) in [6.45, 7) is 0.354. The number of carbonyl (C=O) groups excluding carboxylic acids is 2. The maximum Gasteiger partial charge on any atom is 0.229 e. The lowest BCUT2D eigenvalue weighted by molar-refractivity contribution is -0.122. The minimum Gasteiger partial charge on any atom is -0.324 e. The van der Waals surface area contributed by atoms with E-state index in [1.165, 1.54) is 0 Å². The predicted molar refractivity (Wildman–Crippen MR) is 112 cm³/mol. The third-order valence-electron chi connectivity index (χ3n) is 4.74. The number of halogens is 2. The molecule has 0 saturated carbocycles. The highest BCUT2D eigenvalue weighted by atomic mass is 79.9. The van der Waals surface area contributed by atoms with Crippen LogP contribution in [0.5, 0.6) is 0 Å². The molecule has 27 heavy (non-hydrogen) atoms. The molecule has 0 aliphatic carbocycles. The first-order valence-corrected chi connectivity index (χ1v) is 9.74. The summed E-state index contributed by atoms with van der Waals surface area (Å²) in [5, 5.41) is 5.36. The van der Waals surface area contributed by atoms with Gasteiger partial charge in [-0.1, -0.05) is 63.9 Å². The summed E-state index contributed by atoms with van der Waals surface area (Å²) in [6, 6.07) is 19.1. The average molecular weight is 444 g/mol. The van der Waals surface area contributed by atoms with E-state index in [0.717, 1.165) is 20.9 Å². The van der Waals surface area contributed by atoms with Crippen LogP contribution < -0.4 is 10.2 Å². The van der Waals surface area contributed by atoms with Crippen LogP contribution in [0.2, 0.25) is 5.02 Å². The highest BCUT2D eigenvalue weighted by molar-refractivity contribution is 9.10. The first-order valence-electron chi connectivity index (χ1n) is 8.57. The Morgan fingerprint density at radius 3 is 2.70 bits per heavy atom. The van der Waals surface area contributed by atoms with Crippen LogP contribution in [-0.2, 0) is 9.59 Å². The van der Waals surface area contributed by atoms with Crippen molar-refractivity contribution in [3.05, 3.63) is 70.2 Å². The molecule has 1 N–H and O–H groups in total. The van der Waals surface area contributed by atoms with Gasteiger partial charge in [0.05, 0.1) is 22.3 Å². The summed E-state index contributed by atoms with van der Waals surface area (Å²) in [5.74, 6) is -0.667. The fourth-order valence-electron chi connectivity index (χ4n) is 3.39. The van der Waals surface area contributed by atoms with E-state index in [-0.39, 0.29) is 18.2 Å². The zero-order valence-corrected chi connectivity index (χ0v) is 16.6. The van der Waals surface area contributed by atoms with Crippen molar-refractivity contribution in [1.29, 1.82) is 0 Å². The summed E-state index contributed by atoms with van der Waals surface area (Å²) in [7, 11) is 0. The molecule has 3 aromatic carbocycles. The van der Waals surface area contributed by atoms with E-state index in [4.69, 9.17) is 11.6 Å². The molecule has 1 aliphatic heterocycles. The van der Waals surface area contributed by atoms with E-state index >= 15 is 0 Å². The van der Waals surface area contributed by atoms with Crippen LogP contribution in [0.1, 0.15) is 6.42 Å². The van der Waals surface area contributed by atoms with Gasteiger partial charge in [-0.15, -0.1) is 0 Å². The van der Waals surface area contributed by atoms with Crippen molar-refractivity contribution < 1.29 is 9.59 Å². The highest BCUT2D eigenvalue weighted by Crippen LogP contribution is 2.33. The minimum absolute atomic E-state index is 0.0478. The molecule has 1 heterocycles. The van der Waals surface area contributed by atoms with Gasteiger partial charge in [-0.2, -0.15) is 0 Å². The lowest BCUT2D eigenvalue weighted by Crippen LogP contribution is -2.28. The Morgan fingerprint density at radius 2 is 1.89 bits per heavy atom. The molecule has 0 bridgehead atoms. The monoisotopic (exact) mass is 442 g/mol. The topological polar surface area (TPSA) is 49.4 Å². The molecule has 0 spiro atoms. The number of benzene rings is 3. The largest absolute Gasteiger partial charge is 0.324 e. The number of hydrogen-bond acceptors (Lipinski definition) is 2. The zero-order chi connectivity index (χ0) is 19.0. The Labute approximate surface area is 170 Å². The normalized spacial score (nSPS) is 16.7. The second-order valence-corrected chi connectivity index (χ2v) is 7.84. The number of hydrogen-bond donors (Lipinski definition) is 1. The molecule has 1 atom stereocenters. The van der Waals surface area contributed by atoms with Gasteiger partial charge >= 0.3 is 0 Å². The van der Waals surface area contributed by atoms with Gasteiger partial charge in [-0.3, -0.25) is 9.59 Å². The predicted octanol–water partition coefficient (Wildman–Crippen LogP) is 5.25. The second kappa shape index (κ2) is 7.33. The first kappa shape index (κ1) is 18.0. The summed E-state index contributed by atoms with van der Waals surface area (Å²) in [4.78, 5) is 27.0. The second-order valence-electron chi connectivity index (χ2n) is 6.52. The van der Waals surface area contributed by atoms with Crippen LogP contribution in [-0.4, -0.2) is 18.4 Å². The van der Waals surface area contributed by atoms with Crippen molar-refractivity contribution in [2.45, 2.75) is 6.42 Å². The SMILES string of the molecule is O=C(Nc1ccc(Br)cc1Cl)[C@H]1CC(=O)N(c2cccc3ccccc23)C1. The molecule has 1 saturated heterocycles. The molecule has 2 amide bonds. The van der Waals surface area contributed by atoms with Gasteiger partial charge in [0, 0.05) is 22.8 Å². The molecular weight excluding hydrogens is 428 g/mol. The number of amides is 2. The summed E-state index contributed by atoms with van der Waals surface area (Å²) < 4.78 is 0.837. The fourth-order valence-corrected chi connectivity index (χ4v) is 4.11. The Hall–Kier alpha value is -2.37.